The first-order valence-corrected chi connectivity index (χ1v) is 7.87. The Labute approximate surface area is 145 Å². The molecule has 24 heavy (non-hydrogen) atoms. The van der Waals surface area contributed by atoms with Crippen molar-refractivity contribution in [3.05, 3.63) is 64.9 Å². The molecule has 0 saturated heterocycles. The predicted molar refractivity (Wildman–Crippen MR) is 93.0 cm³/mol. The molecule has 2 aromatic carbocycles. The molecular formula is C18H19ClN2O3. The summed E-state index contributed by atoms with van der Waals surface area (Å²) in [6.45, 7) is 0.588. The highest BCUT2D eigenvalue weighted by Gasteiger charge is 2.38. The first-order valence-electron chi connectivity index (χ1n) is 7.49. The molecule has 3 rings (SSSR count). The van der Waals surface area contributed by atoms with Crippen molar-refractivity contribution in [2.75, 3.05) is 21.3 Å². The molecule has 0 radical (unpaired) electrons. The lowest BCUT2D eigenvalue weighted by atomic mass is 10.2. The van der Waals surface area contributed by atoms with Gasteiger partial charge in [0.1, 0.15) is 0 Å². The Bertz CT molecular complexity index is 821. The zero-order valence-corrected chi connectivity index (χ0v) is 14.6. The lowest BCUT2D eigenvalue weighted by Gasteiger charge is -2.28. The molecule has 0 bridgehead atoms. The van der Waals surface area contributed by atoms with Crippen molar-refractivity contribution in [2.45, 2.75) is 12.5 Å². The van der Waals surface area contributed by atoms with Crippen molar-refractivity contribution < 1.29 is 14.2 Å². The van der Waals surface area contributed by atoms with E-state index in [-0.39, 0.29) is 0 Å². The van der Waals surface area contributed by atoms with E-state index in [1.165, 1.54) is 21.3 Å². The van der Waals surface area contributed by atoms with E-state index in [1.54, 1.807) is 0 Å². The summed E-state index contributed by atoms with van der Waals surface area (Å²) in [6.07, 6.45) is 0. The fraction of sp³-hybridized carbons (Fsp3) is 0.278. The number of nitrogens with zero attached hydrogens (tertiary/aromatic N) is 2. The summed E-state index contributed by atoms with van der Waals surface area (Å²) in [4.78, 5) is 4.66. The van der Waals surface area contributed by atoms with Gasteiger partial charge in [0.25, 0.3) is 0 Å². The van der Waals surface area contributed by atoms with Crippen molar-refractivity contribution in [1.82, 2.24) is 9.55 Å². The van der Waals surface area contributed by atoms with Crippen molar-refractivity contribution >= 4 is 22.6 Å². The van der Waals surface area contributed by atoms with E-state index in [0.717, 1.165) is 16.6 Å². The summed E-state index contributed by atoms with van der Waals surface area (Å²) in [5.41, 5.74) is 2.80. The van der Waals surface area contributed by atoms with E-state index in [9.17, 15) is 0 Å². The predicted octanol–water partition coefficient (Wildman–Crippen LogP) is 3.79. The van der Waals surface area contributed by atoms with Gasteiger partial charge < -0.3 is 18.8 Å². The third kappa shape index (κ3) is 2.91. The molecule has 0 atom stereocenters. The van der Waals surface area contributed by atoms with E-state index in [2.05, 4.69) is 4.98 Å². The second-order valence-electron chi connectivity index (χ2n) is 5.31. The molecule has 0 aliphatic heterocycles. The Balaban J connectivity index is 2.22. The molecular weight excluding hydrogens is 328 g/mol. The van der Waals surface area contributed by atoms with Gasteiger partial charge in [0, 0.05) is 32.9 Å². The Morgan fingerprint density at radius 3 is 2.29 bits per heavy atom. The Morgan fingerprint density at radius 1 is 1.00 bits per heavy atom. The van der Waals surface area contributed by atoms with Gasteiger partial charge in [-0.1, -0.05) is 41.9 Å². The fourth-order valence-electron chi connectivity index (χ4n) is 2.78. The number of benzene rings is 2. The number of aromatic nitrogens is 2. The summed E-state index contributed by atoms with van der Waals surface area (Å²) in [5, 5.41) is 0.640. The number of hydrogen-bond acceptors (Lipinski definition) is 4. The number of ether oxygens (including phenoxy) is 3. The van der Waals surface area contributed by atoms with Crippen LogP contribution in [0, 0.1) is 0 Å². The SMILES string of the molecule is COC(OC)(OC)c1nc2ccc(Cl)cc2n1Cc1ccccc1. The highest BCUT2D eigenvalue weighted by atomic mass is 35.5. The molecule has 6 heteroatoms. The number of halogens is 1. The van der Waals surface area contributed by atoms with Crippen molar-refractivity contribution in [3.8, 4) is 0 Å². The molecule has 0 N–H and O–H groups in total. The number of rotatable bonds is 6. The quantitative estimate of drug-likeness (QED) is 0.637. The minimum absolute atomic E-state index is 0.524. The van der Waals surface area contributed by atoms with Gasteiger partial charge in [-0.05, 0) is 23.8 Å². The molecule has 3 aromatic rings. The molecule has 0 aliphatic rings. The first-order chi connectivity index (χ1) is 11.6. The Morgan fingerprint density at radius 2 is 1.67 bits per heavy atom. The van der Waals surface area contributed by atoms with Crippen LogP contribution in [0.2, 0.25) is 5.02 Å². The molecule has 0 spiro atoms. The number of imidazole rings is 1. The summed E-state index contributed by atoms with van der Waals surface area (Å²) in [5.74, 6) is -0.864. The zero-order chi connectivity index (χ0) is 17.2. The lowest BCUT2D eigenvalue weighted by molar-refractivity contribution is -0.369. The molecule has 0 amide bonds. The summed E-state index contributed by atoms with van der Waals surface area (Å²) in [6, 6.07) is 15.6. The van der Waals surface area contributed by atoms with Crippen LogP contribution in [0.15, 0.2) is 48.5 Å². The Kier molecular flexibility index (Phi) is 4.87. The van der Waals surface area contributed by atoms with Gasteiger partial charge in [0.2, 0.25) is 5.82 Å². The van der Waals surface area contributed by atoms with Crippen molar-refractivity contribution in [2.24, 2.45) is 0 Å². The highest BCUT2D eigenvalue weighted by molar-refractivity contribution is 6.31. The fourth-order valence-corrected chi connectivity index (χ4v) is 2.95. The smallest absolute Gasteiger partial charge is 0.325 e. The molecule has 1 aromatic heterocycles. The van der Waals surface area contributed by atoms with Gasteiger partial charge in [-0.25, -0.2) is 4.98 Å². The molecule has 0 fully saturated rings. The van der Waals surface area contributed by atoms with Crippen LogP contribution in [0.25, 0.3) is 11.0 Å². The standard InChI is InChI=1S/C18H19ClN2O3/c1-22-18(23-2,24-3)17-20-15-10-9-14(19)11-16(15)21(17)12-13-7-5-4-6-8-13/h4-11H,12H2,1-3H3. The van der Waals surface area contributed by atoms with Crippen molar-refractivity contribution in [3.63, 3.8) is 0 Å². The number of fused-ring (bicyclic) bond motifs is 1. The maximum absolute atomic E-state index is 6.18. The van der Waals surface area contributed by atoms with E-state index in [4.69, 9.17) is 25.8 Å². The van der Waals surface area contributed by atoms with Gasteiger partial charge in [-0.15, -0.1) is 0 Å². The van der Waals surface area contributed by atoms with Crippen LogP contribution in [0.5, 0.6) is 0 Å². The van der Waals surface area contributed by atoms with E-state index in [1.807, 2.05) is 53.1 Å². The average Bonchev–Trinajstić information content (AvgIpc) is 2.96. The Hall–Kier alpha value is -1.92. The van der Waals surface area contributed by atoms with Crippen LogP contribution in [0.4, 0.5) is 0 Å². The minimum atomic E-state index is -1.39. The monoisotopic (exact) mass is 346 g/mol. The van der Waals surface area contributed by atoms with Crippen LogP contribution < -0.4 is 0 Å². The van der Waals surface area contributed by atoms with Gasteiger partial charge in [0.05, 0.1) is 11.0 Å². The third-order valence-electron chi connectivity index (χ3n) is 3.97. The first kappa shape index (κ1) is 16.9. The zero-order valence-electron chi connectivity index (χ0n) is 13.8. The van der Waals surface area contributed by atoms with Gasteiger partial charge in [-0.3, -0.25) is 0 Å². The molecule has 0 aliphatic carbocycles. The normalized spacial score (nSPS) is 12.0. The van der Waals surface area contributed by atoms with Crippen molar-refractivity contribution in [1.29, 1.82) is 0 Å². The highest BCUT2D eigenvalue weighted by Crippen LogP contribution is 2.31. The van der Waals surface area contributed by atoms with Crippen LogP contribution in [0.1, 0.15) is 11.4 Å². The van der Waals surface area contributed by atoms with Crippen LogP contribution in [0.3, 0.4) is 0 Å². The van der Waals surface area contributed by atoms with Gasteiger partial charge in [0.15, 0.2) is 0 Å². The molecule has 126 valence electrons. The number of methoxy groups -OCH3 is 3. The largest absolute Gasteiger partial charge is 0.345 e. The topological polar surface area (TPSA) is 45.5 Å². The second kappa shape index (κ2) is 6.91. The van der Waals surface area contributed by atoms with Crippen LogP contribution in [-0.4, -0.2) is 30.9 Å². The summed E-state index contributed by atoms with van der Waals surface area (Å²) in [7, 11) is 4.56. The number of hydrogen-bond donors (Lipinski definition) is 0. The van der Waals surface area contributed by atoms with Crippen LogP contribution >= 0.6 is 11.6 Å². The van der Waals surface area contributed by atoms with Crippen LogP contribution in [-0.2, 0) is 26.7 Å². The third-order valence-corrected chi connectivity index (χ3v) is 4.21. The van der Waals surface area contributed by atoms with Gasteiger partial charge in [-0.2, -0.15) is 0 Å². The molecule has 0 unspecified atom stereocenters. The molecule has 5 nitrogen and oxygen atoms in total. The van der Waals surface area contributed by atoms with E-state index in [0.29, 0.717) is 17.4 Å². The molecule has 0 saturated carbocycles. The van der Waals surface area contributed by atoms with E-state index < -0.39 is 5.97 Å². The van der Waals surface area contributed by atoms with Gasteiger partial charge >= 0.3 is 5.97 Å². The summed E-state index contributed by atoms with van der Waals surface area (Å²) >= 11 is 6.18. The molecule has 1 heterocycles. The maximum Gasteiger partial charge on any atom is 0.345 e. The summed E-state index contributed by atoms with van der Waals surface area (Å²) < 4.78 is 18.5. The minimum Gasteiger partial charge on any atom is -0.325 e. The average molecular weight is 347 g/mol. The second-order valence-corrected chi connectivity index (χ2v) is 5.75. The maximum atomic E-state index is 6.18. The lowest BCUT2D eigenvalue weighted by Crippen LogP contribution is -2.36. The van der Waals surface area contributed by atoms with E-state index >= 15 is 0 Å².